The summed E-state index contributed by atoms with van der Waals surface area (Å²) < 4.78 is 18.5. The number of ether oxygens (including phenoxy) is 1. The summed E-state index contributed by atoms with van der Waals surface area (Å²) in [5.74, 6) is 0.478. The average molecular weight is 288 g/mol. The van der Waals surface area contributed by atoms with Gasteiger partial charge in [0.1, 0.15) is 11.6 Å². The summed E-state index contributed by atoms with van der Waals surface area (Å²) in [6, 6.07) is 12.2. The van der Waals surface area contributed by atoms with Crippen molar-refractivity contribution < 1.29 is 9.13 Å². The van der Waals surface area contributed by atoms with Crippen molar-refractivity contribution in [2.45, 2.75) is 26.4 Å². The van der Waals surface area contributed by atoms with E-state index in [2.05, 4.69) is 5.32 Å². The number of nitrogen functional groups attached to an aromatic ring is 1. The number of anilines is 2. The van der Waals surface area contributed by atoms with Crippen LogP contribution in [0.1, 0.15) is 19.4 Å². The summed E-state index contributed by atoms with van der Waals surface area (Å²) in [7, 11) is 0. The van der Waals surface area contributed by atoms with E-state index < -0.39 is 0 Å². The number of hydrogen-bond donors (Lipinski definition) is 2. The standard InChI is InChI=1S/C17H21FN2O/c1-12(2)21-16-5-3-4-15(17(16)19)20-11-10-13-6-8-14(18)9-7-13/h3-9,12,20H,10-11,19H2,1-2H3. The van der Waals surface area contributed by atoms with Crippen molar-refractivity contribution in [3.63, 3.8) is 0 Å². The molecule has 2 aromatic rings. The van der Waals surface area contributed by atoms with E-state index in [9.17, 15) is 4.39 Å². The summed E-state index contributed by atoms with van der Waals surface area (Å²) >= 11 is 0. The second kappa shape index (κ2) is 6.97. The number of rotatable bonds is 6. The molecule has 0 unspecified atom stereocenters. The fourth-order valence-corrected chi connectivity index (χ4v) is 2.05. The molecule has 0 amide bonds. The molecular weight excluding hydrogens is 267 g/mol. The first-order valence-corrected chi connectivity index (χ1v) is 7.09. The molecule has 3 nitrogen and oxygen atoms in total. The lowest BCUT2D eigenvalue weighted by Crippen LogP contribution is -2.10. The van der Waals surface area contributed by atoms with Crippen LogP contribution in [-0.2, 0) is 6.42 Å². The van der Waals surface area contributed by atoms with E-state index in [-0.39, 0.29) is 11.9 Å². The Bertz CT molecular complexity index is 582. The third-order valence-corrected chi connectivity index (χ3v) is 3.07. The van der Waals surface area contributed by atoms with Gasteiger partial charge in [0, 0.05) is 6.54 Å². The molecule has 21 heavy (non-hydrogen) atoms. The van der Waals surface area contributed by atoms with E-state index in [0.717, 1.165) is 24.2 Å². The van der Waals surface area contributed by atoms with Gasteiger partial charge in [-0.1, -0.05) is 18.2 Å². The zero-order valence-corrected chi connectivity index (χ0v) is 12.4. The van der Waals surface area contributed by atoms with E-state index >= 15 is 0 Å². The minimum absolute atomic E-state index is 0.0850. The predicted octanol–water partition coefficient (Wildman–Crippen LogP) is 3.85. The third kappa shape index (κ3) is 4.38. The van der Waals surface area contributed by atoms with Crippen molar-refractivity contribution in [2.24, 2.45) is 0 Å². The Hall–Kier alpha value is -2.23. The summed E-state index contributed by atoms with van der Waals surface area (Å²) in [5.41, 5.74) is 8.65. The van der Waals surface area contributed by atoms with Crippen molar-refractivity contribution in [3.05, 3.63) is 53.8 Å². The van der Waals surface area contributed by atoms with Crippen molar-refractivity contribution in [1.29, 1.82) is 0 Å². The molecule has 0 heterocycles. The van der Waals surface area contributed by atoms with Crippen LogP contribution in [0.25, 0.3) is 0 Å². The monoisotopic (exact) mass is 288 g/mol. The lowest BCUT2D eigenvalue weighted by molar-refractivity contribution is 0.244. The van der Waals surface area contributed by atoms with Crippen LogP contribution in [0.3, 0.4) is 0 Å². The number of benzene rings is 2. The minimum atomic E-state index is -0.213. The second-order valence-electron chi connectivity index (χ2n) is 5.19. The first-order valence-electron chi connectivity index (χ1n) is 7.09. The maximum atomic E-state index is 12.8. The molecule has 112 valence electrons. The predicted molar refractivity (Wildman–Crippen MR) is 85.2 cm³/mol. The molecule has 4 heteroatoms. The van der Waals surface area contributed by atoms with Crippen LogP contribution in [-0.4, -0.2) is 12.6 Å². The normalized spacial score (nSPS) is 10.7. The first kappa shape index (κ1) is 15.2. The second-order valence-corrected chi connectivity index (χ2v) is 5.19. The van der Waals surface area contributed by atoms with Gasteiger partial charge in [0.15, 0.2) is 0 Å². The molecule has 0 atom stereocenters. The third-order valence-electron chi connectivity index (χ3n) is 3.07. The number of nitrogens with one attached hydrogen (secondary N) is 1. The molecule has 0 bridgehead atoms. The van der Waals surface area contributed by atoms with E-state index in [1.54, 1.807) is 12.1 Å². The smallest absolute Gasteiger partial charge is 0.144 e. The van der Waals surface area contributed by atoms with E-state index in [1.165, 1.54) is 12.1 Å². The maximum Gasteiger partial charge on any atom is 0.144 e. The molecule has 0 radical (unpaired) electrons. The van der Waals surface area contributed by atoms with Crippen molar-refractivity contribution >= 4 is 11.4 Å². The van der Waals surface area contributed by atoms with Gasteiger partial charge in [-0.05, 0) is 50.1 Å². The van der Waals surface area contributed by atoms with Crippen LogP contribution in [0.4, 0.5) is 15.8 Å². The molecule has 0 fully saturated rings. The van der Waals surface area contributed by atoms with E-state index in [4.69, 9.17) is 10.5 Å². The Labute approximate surface area is 124 Å². The highest BCUT2D eigenvalue weighted by atomic mass is 19.1. The molecule has 2 rings (SSSR count). The van der Waals surface area contributed by atoms with E-state index in [0.29, 0.717) is 11.4 Å². The molecule has 0 aliphatic rings. The molecular formula is C17H21FN2O. The Morgan fingerprint density at radius 2 is 1.86 bits per heavy atom. The highest BCUT2D eigenvalue weighted by molar-refractivity contribution is 5.72. The Kier molecular flexibility index (Phi) is 5.04. The molecule has 0 saturated carbocycles. The average Bonchev–Trinajstić information content (AvgIpc) is 2.44. The zero-order valence-electron chi connectivity index (χ0n) is 12.4. The SMILES string of the molecule is CC(C)Oc1cccc(NCCc2ccc(F)cc2)c1N. The lowest BCUT2D eigenvalue weighted by atomic mass is 10.1. The summed E-state index contributed by atoms with van der Waals surface area (Å²) in [6.45, 7) is 4.66. The molecule has 0 spiro atoms. The summed E-state index contributed by atoms with van der Waals surface area (Å²) in [5, 5.41) is 3.29. The van der Waals surface area contributed by atoms with Crippen LogP contribution in [0, 0.1) is 5.82 Å². The van der Waals surface area contributed by atoms with Gasteiger partial charge in [-0.15, -0.1) is 0 Å². The minimum Gasteiger partial charge on any atom is -0.489 e. The number of nitrogens with two attached hydrogens (primary N) is 1. The van der Waals surface area contributed by atoms with Crippen LogP contribution in [0.2, 0.25) is 0 Å². The molecule has 3 N–H and O–H groups in total. The fourth-order valence-electron chi connectivity index (χ4n) is 2.05. The van der Waals surface area contributed by atoms with Gasteiger partial charge < -0.3 is 15.8 Å². The van der Waals surface area contributed by atoms with Gasteiger partial charge in [-0.2, -0.15) is 0 Å². The Balaban J connectivity index is 1.95. The largest absolute Gasteiger partial charge is 0.489 e. The fraction of sp³-hybridized carbons (Fsp3) is 0.294. The quantitative estimate of drug-likeness (QED) is 0.794. The van der Waals surface area contributed by atoms with Gasteiger partial charge in [-0.3, -0.25) is 0 Å². The maximum absolute atomic E-state index is 12.8. The number of para-hydroxylation sites is 1. The van der Waals surface area contributed by atoms with Gasteiger partial charge in [-0.25, -0.2) is 4.39 Å². The molecule has 0 aromatic heterocycles. The Morgan fingerprint density at radius 3 is 2.52 bits per heavy atom. The lowest BCUT2D eigenvalue weighted by Gasteiger charge is -2.15. The van der Waals surface area contributed by atoms with Crippen LogP contribution < -0.4 is 15.8 Å². The molecule has 0 aliphatic carbocycles. The highest BCUT2D eigenvalue weighted by Gasteiger charge is 2.07. The zero-order chi connectivity index (χ0) is 15.2. The van der Waals surface area contributed by atoms with Crippen LogP contribution >= 0.6 is 0 Å². The number of halogens is 1. The van der Waals surface area contributed by atoms with Crippen LogP contribution in [0.5, 0.6) is 5.75 Å². The van der Waals surface area contributed by atoms with Gasteiger partial charge >= 0.3 is 0 Å². The van der Waals surface area contributed by atoms with Crippen molar-refractivity contribution in [1.82, 2.24) is 0 Å². The Morgan fingerprint density at radius 1 is 1.14 bits per heavy atom. The van der Waals surface area contributed by atoms with E-state index in [1.807, 2.05) is 32.0 Å². The van der Waals surface area contributed by atoms with Crippen LogP contribution in [0.15, 0.2) is 42.5 Å². The first-order chi connectivity index (χ1) is 10.1. The topological polar surface area (TPSA) is 47.3 Å². The molecule has 2 aromatic carbocycles. The molecule has 0 aliphatic heterocycles. The van der Waals surface area contributed by atoms with Crippen molar-refractivity contribution in [3.8, 4) is 5.75 Å². The number of hydrogen-bond acceptors (Lipinski definition) is 3. The van der Waals surface area contributed by atoms with Gasteiger partial charge in [0.05, 0.1) is 17.5 Å². The summed E-state index contributed by atoms with van der Waals surface area (Å²) in [4.78, 5) is 0. The van der Waals surface area contributed by atoms with Gasteiger partial charge in [0.2, 0.25) is 0 Å². The van der Waals surface area contributed by atoms with Gasteiger partial charge in [0.25, 0.3) is 0 Å². The molecule has 0 saturated heterocycles. The highest BCUT2D eigenvalue weighted by Crippen LogP contribution is 2.30. The summed E-state index contributed by atoms with van der Waals surface area (Å²) in [6.07, 6.45) is 0.886. The van der Waals surface area contributed by atoms with Crippen molar-refractivity contribution in [2.75, 3.05) is 17.6 Å².